The molecule has 0 bridgehead atoms. The molecule has 0 spiro atoms. The van der Waals surface area contributed by atoms with E-state index in [1.807, 2.05) is 0 Å². The summed E-state index contributed by atoms with van der Waals surface area (Å²) in [6, 6.07) is 3.22. The highest BCUT2D eigenvalue weighted by molar-refractivity contribution is 6.30. The number of alkyl halides is 1. The molecule has 15 heavy (non-hydrogen) atoms. The lowest BCUT2D eigenvalue weighted by atomic mass is 10.1. The summed E-state index contributed by atoms with van der Waals surface area (Å²) in [5, 5.41) is 0. The van der Waals surface area contributed by atoms with Gasteiger partial charge in [-0.1, -0.05) is 0 Å². The van der Waals surface area contributed by atoms with Gasteiger partial charge in [0.25, 0.3) is 0 Å². The van der Waals surface area contributed by atoms with Gasteiger partial charge in [-0.25, -0.2) is 0 Å². The monoisotopic (exact) mass is 228 g/mol. The van der Waals surface area contributed by atoms with E-state index in [0.29, 0.717) is 22.8 Å². The number of halogens is 1. The number of ketones is 1. The van der Waals surface area contributed by atoms with Crippen LogP contribution in [0.1, 0.15) is 10.4 Å². The summed E-state index contributed by atoms with van der Waals surface area (Å²) in [5.74, 6) is 1.29. The van der Waals surface area contributed by atoms with Gasteiger partial charge in [-0.05, 0) is 6.07 Å². The van der Waals surface area contributed by atoms with Crippen molar-refractivity contribution >= 4 is 17.4 Å². The molecule has 0 amide bonds. The zero-order chi connectivity index (χ0) is 10.8. The summed E-state index contributed by atoms with van der Waals surface area (Å²) in [4.78, 5) is 11.5. The summed E-state index contributed by atoms with van der Waals surface area (Å²) in [6.07, 6.45) is 0. The van der Waals surface area contributed by atoms with Gasteiger partial charge in [0.1, 0.15) is 5.75 Å². The van der Waals surface area contributed by atoms with Gasteiger partial charge >= 0.3 is 0 Å². The van der Waals surface area contributed by atoms with Gasteiger partial charge in [-0.2, -0.15) is 0 Å². The Bertz CT molecular complexity index is 403. The molecule has 0 radical (unpaired) electrons. The van der Waals surface area contributed by atoms with Crippen LogP contribution in [0.4, 0.5) is 0 Å². The van der Waals surface area contributed by atoms with Crippen molar-refractivity contribution in [3.63, 3.8) is 0 Å². The largest absolute Gasteiger partial charge is 0.496 e. The first-order valence-electron chi connectivity index (χ1n) is 4.33. The van der Waals surface area contributed by atoms with E-state index in [0.717, 1.165) is 0 Å². The van der Waals surface area contributed by atoms with Crippen LogP contribution in [-0.2, 0) is 0 Å². The van der Waals surface area contributed by atoms with Crippen molar-refractivity contribution in [2.24, 2.45) is 0 Å². The number of methoxy groups -OCH3 is 1. The molecule has 1 aromatic carbocycles. The number of fused-ring (bicyclic) bond motifs is 1. The van der Waals surface area contributed by atoms with Crippen molar-refractivity contribution in [1.29, 1.82) is 0 Å². The lowest BCUT2D eigenvalue weighted by molar-refractivity contribution is 0.101. The third kappa shape index (κ3) is 1.72. The van der Waals surface area contributed by atoms with Gasteiger partial charge in [-0.3, -0.25) is 4.79 Å². The highest BCUT2D eigenvalue weighted by atomic mass is 35.5. The quantitative estimate of drug-likeness (QED) is 0.585. The van der Waals surface area contributed by atoms with Crippen molar-refractivity contribution in [2.45, 2.75) is 0 Å². The number of ether oxygens (including phenoxy) is 3. The van der Waals surface area contributed by atoms with E-state index < -0.39 is 0 Å². The van der Waals surface area contributed by atoms with Gasteiger partial charge < -0.3 is 14.2 Å². The van der Waals surface area contributed by atoms with Crippen molar-refractivity contribution in [1.82, 2.24) is 0 Å². The number of Topliss-reactive ketones (excluding diaryl/α,β-unsaturated/α-hetero) is 1. The fourth-order valence-corrected chi connectivity index (χ4v) is 1.53. The minimum absolute atomic E-state index is 0.0873. The predicted octanol–water partition coefficient (Wildman–Crippen LogP) is 1.85. The molecule has 80 valence electrons. The molecular formula is C10H9ClO4. The van der Waals surface area contributed by atoms with E-state index in [2.05, 4.69) is 0 Å². The van der Waals surface area contributed by atoms with E-state index in [1.165, 1.54) is 7.11 Å². The first kappa shape index (κ1) is 10.1. The smallest absolute Gasteiger partial charge is 0.231 e. The molecule has 0 fully saturated rings. The zero-order valence-corrected chi connectivity index (χ0v) is 8.84. The van der Waals surface area contributed by atoms with Crippen LogP contribution in [0.3, 0.4) is 0 Å². The molecule has 5 heteroatoms. The fraction of sp³-hybridized carbons (Fsp3) is 0.300. The highest BCUT2D eigenvalue weighted by Crippen LogP contribution is 2.38. The molecule has 4 nitrogen and oxygen atoms in total. The average Bonchev–Trinajstić information content (AvgIpc) is 2.73. The maximum Gasteiger partial charge on any atom is 0.231 e. The van der Waals surface area contributed by atoms with Crippen LogP contribution in [-0.4, -0.2) is 25.6 Å². The van der Waals surface area contributed by atoms with Crippen LogP contribution < -0.4 is 14.2 Å². The maximum atomic E-state index is 11.5. The summed E-state index contributed by atoms with van der Waals surface area (Å²) >= 11 is 5.49. The number of carbonyl (C=O) groups excluding carboxylic acids is 1. The highest BCUT2D eigenvalue weighted by Gasteiger charge is 2.20. The van der Waals surface area contributed by atoms with Crippen LogP contribution in [0.25, 0.3) is 0 Å². The normalized spacial score (nSPS) is 12.7. The lowest BCUT2D eigenvalue weighted by Gasteiger charge is -2.07. The first-order valence-corrected chi connectivity index (χ1v) is 4.86. The van der Waals surface area contributed by atoms with E-state index in [1.54, 1.807) is 12.1 Å². The predicted molar refractivity (Wildman–Crippen MR) is 54.2 cm³/mol. The Morgan fingerprint density at radius 3 is 2.73 bits per heavy atom. The van der Waals surface area contributed by atoms with Gasteiger partial charge in [0.15, 0.2) is 17.3 Å². The van der Waals surface area contributed by atoms with E-state index in [-0.39, 0.29) is 18.5 Å². The molecule has 0 atom stereocenters. The van der Waals surface area contributed by atoms with Crippen molar-refractivity contribution < 1.29 is 19.0 Å². The maximum absolute atomic E-state index is 11.5. The minimum atomic E-state index is -0.202. The molecule has 1 aliphatic heterocycles. The van der Waals surface area contributed by atoms with E-state index in [9.17, 15) is 4.79 Å². The summed E-state index contributed by atoms with van der Waals surface area (Å²) < 4.78 is 15.4. The molecular weight excluding hydrogens is 220 g/mol. The summed E-state index contributed by atoms with van der Waals surface area (Å²) in [7, 11) is 1.49. The SMILES string of the molecule is COc1cc2c(cc1C(=O)CCl)OCO2. The molecule has 1 aliphatic rings. The Labute approximate surface area is 91.7 Å². The standard InChI is InChI=1S/C10H9ClO4/c1-13-8-3-10-9(14-5-15-10)2-6(8)7(12)4-11/h2-3H,4-5H2,1H3. The molecule has 0 aromatic heterocycles. The van der Waals surface area contributed by atoms with Crippen LogP contribution in [0.15, 0.2) is 12.1 Å². The number of benzene rings is 1. The molecule has 0 saturated carbocycles. The molecule has 0 N–H and O–H groups in total. The molecule has 0 unspecified atom stereocenters. The second-order valence-electron chi connectivity index (χ2n) is 2.96. The number of rotatable bonds is 3. The zero-order valence-electron chi connectivity index (χ0n) is 8.08. The van der Waals surface area contributed by atoms with Crippen LogP contribution in [0.5, 0.6) is 17.2 Å². The Morgan fingerprint density at radius 1 is 1.47 bits per heavy atom. The molecule has 0 saturated heterocycles. The number of carbonyl (C=O) groups is 1. The van der Waals surface area contributed by atoms with Crippen molar-refractivity contribution in [3.05, 3.63) is 17.7 Å². The van der Waals surface area contributed by atoms with Gasteiger partial charge in [0.2, 0.25) is 6.79 Å². The fourth-order valence-electron chi connectivity index (χ4n) is 1.38. The van der Waals surface area contributed by atoms with Crippen LogP contribution in [0.2, 0.25) is 0 Å². The Kier molecular flexibility index (Phi) is 2.68. The third-order valence-corrected chi connectivity index (χ3v) is 2.36. The summed E-state index contributed by atoms with van der Waals surface area (Å²) in [6.45, 7) is 0.164. The molecule has 1 heterocycles. The first-order chi connectivity index (χ1) is 7.26. The molecule has 1 aromatic rings. The Hall–Kier alpha value is -1.42. The number of hydrogen-bond acceptors (Lipinski definition) is 4. The van der Waals surface area contributed by atoms with E-state index >= 15 is 0 Å². The Morgan fingerprint density at radius 2 is 2.13 bits per heavy atom. The lowest BCUT2D eigenvalue weighted by Crippen LogP contribution is -2.03. The Balaban J connectivity index is 2.48. The summed E-state index contributed by atoms with van der Waals surface area (Å²) in [5.41, 5.74) is 0.414. The number of hydrogen-bond donors (Lipinski definition) is 0. The van der Waals surface area contributed by atoms with Gasteiger partial charge in [0.05, 0.1) is 18.6 Å². The second-order valence-corrected chi connectivity index (χ2v) is 3.23. The van der Waals surface area contributed by atoms with Gasteiger partial charge in [-0.15, -0.1) is 11.6 Å². The second kappa shape index (κ2) is 3.98. The molecule has 2 rings (SSSR count). The van der Waals surface area contributed by atoms with E-state index in [4.69, 9.17) is 25.8 Å². The van der Waals surface area contributed by atoms with Crippen molar-refractivity contribution in [3.8, 4) is 17.2 Å². The van der Waals surface area contributed by atoms with Crippen LogP contribution in [0, 0.1) is 0 Å². The molecule has 0 aliphatic carbocycles. The van der Waals surface area contributed by atoms with Crippen molar-refractivity contribution in [2.75, 3.05) is 19.8 Å². The third-order valence-electron chi connectivity index (χ3n) is 2.12. The van der Waals surface area contributed by atoms with Crippen LogP contribution >= 0.6 is 11.6 Å². The topological polar surface area (TPSA) is 44.8 Å². The average molecular weight is 229 g/mol. The van der Waals surface area contributed by atoms with Gasteiger partial charge in [0, 0.05) is 6.07 Å². The minimum Gasteiger partial charge on any atom is -0.496 e.